The molecular formula is C25H38ClNO4. The molecule has 0 radical (unpaired) electrons. The summed E-state index contributed by atoms with van der Waals surface area (Å²) in [4.78, 5) is 0. The minimum absolute atomic E-state index is 0. The Morgan fingerprint density at radius 3 is 2.48 bits per heavy atom. The van der Waals surface area contributed by atoms with Gasteiger partial charge in [0.1, 0.15) is 5.75 Å². The van der Waals surface area contributed by atoms with Crippen LogP contribution in [0.15, 0.2) is 48.5 Å². The first-order chi connectivity index (χ1) is 14.6. The molecule has 31 heavy (non-hydrogen) atoms. The van der Waals surface area contributed by atoms with E-state index < -0.39 is 6.10 Å². The molecule has 0 aromatic heterocycles. The fraction of sp³-hybridized carbons (Fsp3) is 0.520. The summed E-state index contributed by atoms with van der Waals surface area (Å²) in [6.45, 7) is 4.16. The Kier molecular flexibility index (Phi) is 14.2. The van der Waals surface area contributed by atoms with E-state index in [-0.39, 0.29) is 24.8 Å². The summed E-state index contributed by atoms with van der Waals surface area (Å²) < 4.78 is 5.73. The van der Waals surface area contributed by atoms with Crippen LogP contribution in [0.1, 0.15) is 55.4 Å². The molecule has 0 aliphatic carbocycles. The molecule has 0 bridgehead atoms. The van der Waals surface area contributed by atoms with Crippen molar-refractivity contribution in [2.75, 3.05) is 26.4 Å². The average Bonchev–Trinajstić information content (AvgIpc) is 2.76. The van der Waals surface area contributed by atoms with Crippen LogP contribution in [0, 0.1) is 0 Å². The van der Waals surface area contributed by atoms with Gasteiger partial charge in [0.05, 0.1) is 12.7 Å². The van der Waals surface area contributed by atoms with E-state index in [2.05, 4.69) is 36.5 Å². The summed E-state index contributed by atoms with van der Waals surface area (Å²) in [6.07, 6.45) is 5.12. The highest BCUT2D eigenvalue weighted by atomic mass is 35.5. The third kappa shape index (κ3) is 11.0. The summed E-state index contributed by atoms with van der Waals surface area (Å²) in [5.41, 5.74) is 2.73. The molecule has 0 heterocycles. The number of nitrogens with one attached hydrogen (secondary N) is 1. The maximum atomic E-state index is 10.4. The van der Waals surface area contributed by atoms with Crippen LogP contribution >= 0.6 is 12.4 Å². The zero-order chi connectivity index (χ0) is 21.6. The number of hydrogen-bond donors (Lipinski definition) is 4. The van der Waals surface area contributed by atoms with Crippen molar-refractivity contribution in [3.8, 4) is 5.75 Å². The zero-order valence-electron chi connectivity index (χ0n) is 18.5. The lowest BCUT2D eigenvalue weighted by molar-refractivity contribution is 0.132. The van der Waals surface area contributed by atoms with E-state index in [1.807, 2.05) is 6.07 Å². The Morgan fingerprint density at radius 2 is 1.74 bits per heavy atom. The van der Waals surface area contributed by atoms with Gasteiger partial charge in [-0.2, -0.15) is 0 Å². The Hall–Kier alpha value is -1.63. The second-order valence-electron chi connectivity index (χ2n) is 7.88. The number of aliphatic hydroxyl groups is 2. The van der Waals surface area contributed by atoms with Gasteiger partial charge in [0, 0.05) is 25.8 Å². The number of aliphatic hydroxyl groups excluding tert-OH is 2. The molecule has 0 amide bonds. The predicted molar refractivity (Wildman–Crippen MR) is 128 cm³/mol. The van der Waals surface area contributed by atoms with Gasteiger partial charge in [-0.25, -0.2) is 0 Å². The van der Waals surface area contributed by atoms with Gasteiger partial charge in [-0.1, -0.05) is 49.2 Å². The minimum Gasteiger partial charge on any atom is -0.508 e. The number of unbranched alkanes of at least 4 members (excludes halogenated alkanes) is 2. The van der Waals surface area contributed by atoms with Crippen molar-refractivity contribution in [2.24, 2.45) is 0 Å². The van der Waals surface area contributed by atoms with Gasteiger partial charge in [-0.3, -0.25) is 0 Å². The monoisotopic (exact) mass is 451 g/mol. The van der Waals surface area contributed by atoms with E-state index in [1.165, 1.54) is 5.56 Å². The molecule has 2 unspecified atom stereocenters. The molecular weight excluding hydrogens is 414 g/mol. The highest BCUT2D eigenvalue weighted by molar-refractivity contribution is 5.85. The van der Waals surface area contributed by atoms with Crippen LogP contribution in [0.2, 0.25) is 0 Å². The first-order valence-corrected chi connectivity index (χ1v) is 11.1. The van der Waals surface area contributed by atoms with E-state index in [0.717, 1.165) is 50.9 Å². The molecule has 5 nitrogen and oxygen atoms in total. The Balaban J connectivity index is 0.00000480. The number of benzene rings is 2. The van der Waals surface area contributed by atoms with E-state index in [9.17, 15) is 10.2 Å². The maximum absolute atomic E-state index is 10.4. The van der Waals surface area contributed by atoms with Gasteiger partial charge in [0.25, 0.3) is 0 Å². The van der Waals surface area contributed by atoms with Crippen molar-refractivity contribution in [1.82, 2.24) is 5.32 Å². The number of hydrogen-bond acceptors (Lipinski definition) is 5. The number of aromatic hydroxyl groups is 1. The van der Waals surface area contributed by atoms with E-state index >= 15 is 0 Å². The highest BCUT2D eigenvalue weighted by Crippen LogP contribution is 2.22. The molecule has 2 aromatic rings. The lowest BCUT2D eigenvalue weighted by Gasteiger charge is -2.18. The minimum atomic E-state index is -0.636. The van der Waals surface area contributed by atoms with E-state index in [0.29, 0.717) is 24.6 Å². The van der Waals surface area contributed by atoms with Crippen LogP contribution in [-0.2, 0) is 17.6 Å². The molecule has 0 aliphatic rings. The van der Waals surface area contributed by atoms with Crippen LogP contribution in [0.3, 0.4) is 0 Å². The zero-order valence-corrected chi connectivity index (χ0v) is 19.3. The third-order valence-electron chi connectivity index (χ3n) is 5.33. The quantitative estimate of drug-likeness (QED) is 0.305. The lowest BCUT2D eigenvalue weighted by Crippen LogP contribution is -2.30. The van der Waals surface area contributed by atoms with E-state index in [4.69, 9.17) is 9.84 Å². The number of rotatable bonds is 15. The summed E-state index contributed by atoms with van der Waals surface area (Å²) in [5.74, 6) is 0.158. The second kappa shape index (κ2) is 16.1. The summed E-state index contributed by atoms with van der Waals surface area (Å²) in [6, 6.07) is 15.8. The highest BCUT2D eigenvalue weighted by Gasteiger charge is 2.12. The molecule has 0 saturated carbocycles. The van der Waals surface area contributed by atoms with Crippen molar-refractivity contribution in [1.29, 1.82) is 0 Å². The van der Waals surface area contributed by atoms with Crippen molar-refractivity contribution < 1.29 is 20.1 Å². The van der Waals surface area contributed by atoms with Crippen LogP contribution in [0.5, 0.6) is 5.75 Å². The topological polar surface area (TPSA) is 82.0 Å². The summed E-state index contributed by atoms with van der Waals surface area (Å²) in [7, 11) is 0. The Labute approximate surface area is 192 Å². The Morgan fingerprint density at radius 1 is 0.968 bits per heavy atom. The second-order valence-corrected chi connectivity index (χ2v) is 7.88. The summed E-state index contributed by atoms with van der Waals surface area (Å²) in [5, 5.41) is 32.6. The fourth-order valence-corrected chi connectivity index (χ4v) is 3.43. The largest absolute Gasteiger partial charge is 0.508 e. The molecule has 0 fully saturated rings. The molecule has 2 aromatic carbocycles. The van der Waals surface area contributed by atoms with Gasteiger partial charge in [-0.15, -0.1) is 12.4 Å². The SMILES string of the molecule is CC(CCCCCOCCc1ccccc1)NCC(O)c1ccc(O)c(CCO)c1.Cl. The van der Waals surface area contributed by atoms with Crippen LogP contribution in [0.4, 0.5) is 0 Å². The van der Waals surface area contributed by atoms with Crippen LogP contribution < -0.4 is 5.32 Å². The maximum Gasteiger partial charge on any atom is 0.118 e. The fourth-order valence-electron chi connectivity index (χ4n) is 3.43. The number of ether oxygens (including phenoxy) is 1. The number of halogens is 1. The van der Waals surface area contributed by atoms with Crippen LogP contribution in [-0.4, -0.2) is 47.7 Å². The van der Waals surface area contributed by atoms with Crippen molar-refractivity contribution in [2.45, 2.75) is 57.6 Å². The standard InChI is InChI=1S/C25H37NO4.ClH/c1-20(8-4-3-7-16-30-17-14-21-9-5-2-6-10-21)26-19-25(29)22-11-12-24(28)23(18-22)13-15-27;/h2,5-6,9-12,18,20,25-29H,3-4,7-8,13-17,19H2,1H3;1H. The molecule has 0 aliphatic heterocycles. The van der Waals surface area contributed by atoms with Gasteiger partial charge >= 0.3 is 0 Å². The first-order valence-electron chi connectivity index (χ1n) is 11.1. The Bertz CT molecular complexity index is 714. The molecule has 0 saturated heterocycles. The molecule has 2 rings (SSSR count). The number of phenolic OH excluding ortho intramolecular Hbond substituents is 1. The normalized spacial score (nSPS) is 12.9. The smallest absolute Gasteiger partial charge is 0.118 e. The molecule has 4 N–H and O–H groups in total. The van der Waals surface area contributed by atoms with Crippen molar-refractivity contribution in [3.63, 3.8) is 0 Å². The first kappa shape index (κ1) is 27.4. The molecule has 174 valence electrons. The van der Waals surface area contributed by atoms with Gasteiger partial charge in [0.15, 0.2) is 0 Å². The molecule has 6 heteroatoms. The average molecular weight is 452 g/mol. The van der Waals surface area contributed by atoms with Crippen molar-refractivity contribution in [3.05, 3.63) is 65.2 Å². The van der Waals surface area contributed by atoms with Crippen LogP contribution in [0.25, 0.3) is 0 Å². The lowest BCUT2D eigenvalue weighted by atomic mass is 10.0. The summed E-state index contributed by atoms with van der Waals surface area (Å²) >= 11 is 0. The van der Waals surface area contributed by atoms with E-state index in [1.54, 1.807) is 18.2 Å². The van der Waals surface area contributed by atoms with Gasteiger partial charge in [-0.05, 0) is 61.4 Å². The number of phenols is 1. The molecule has 0 spiro atoms. The molecule has 2 atom stereocenters. The predicted octanol–water partition coefficient (Wildman–Crippen LogP) is 4.18. The van der Waals surface area contributed by atoms with Crippen molar-refractivity contribution >= 4 is 12.4 Å². The van der Waals surface area contributed by atoms with Gasteiger partial charge in [0.2, 0.25) is 0 Å². The third-order valence-corrected chi connectivity index (χ3v) is 5.33. The van der Waals surface area contributed by atoms with Gasteiger partial charge < -0.3 is 25.4 Å².